The van der Waals surface area contributed by atoms with Crippen LogP contribution in [0.5, 0.6) is 5.88 Å². The average molecular weight is 661 g/mol. The third-order valence-corrected chi connectivity index (χ3v) is 9.53. The summed E-state index contributed by atoms with van der Waals surface area (Å²) >= 11 is 14.2. The summed E-state index contributed by atoms with van der Waals surface area (Å²) in [6, 6.07) is 20.2. The van der Waals surface area contributed by atoms with Crippen LogP contribution in [0, 0.1) is 0 Å². The van der Waals surface area contributed by atoms with Crippen molar-refractivity contribution < 1.29 is 14.6 Å². The Bertz CT molecular complexity index is 1730. The molecular formula is C36H39Cl2N5O3. The fourth-order valence-electron chi connectivity index (χ4n) is 6.35. The number of aliphatic hydroxyl groups excluding tert-OH is 1. The summed E-state index contributed by atoms with van der Waals surface area (Å²) in [6.45, 7) is 3.59. The molecule has 0 bridgehead atoms. The van der Waals surface area contributed by atoms with Gasteiger partial charge in [-0.3, -0.25) is 9.78 Å². The summed E-state index contributed by atoms with van der Waals surface area (Å²) in [7, 11) is 1.61. The van der Waals surface area contributed by atoms with Crippen molar-refractivity contribution in [3.63, 3.8) is 0 Å². The topological polar surface area (TPSA) is 108 Å². The van der Waals surface area contributed by atoms with E-state index < -0.39 is 6.10 Å². The number of amides is 1. The standard InChI is InChI=1S/C36H39Cl2N5O3/c1-21(44)18-40-29-10-5-11-30-26(29)14-16-31(42-30)27-8-3-6-24(34(27)37)25-7-4-9-28(35(25)38)32-15-12-22(36(43-32)46-2)19-39-20-23-13-17-33(45)41-23/h3-4,6-9,12,14-16,21,23,29,39-40,44H,5,10-11,13,17-20H2,1-2H3,(H,41,45)/t21?,23-,29?/m1/s1. The number of aryl methyl sites for hydroxylation is 1. The first-order valence-corrected chi connectivity index (χ1v) is 16.6. The van der Waals surface area contributed by atoms with E-state index >= 15 is 0 Å². The Kier molecular flexibility index (Phi) is 10.2. The van der Waals surface area contributed by atoms with E-state index in [-0.39, 0.29) is 18.0 Å². The number of methoxy groups -OCH3 is 1. The van der Waals surface area contributed by atoms with Crippen LogP contribution in [0.15, 0.2) is 60.7 Å². The lowest BCUT2D eigenvalue weighted by Crippen LogP contribution is -2.35. The Morgan fingerprint density at radius 3 is 2.26 bits per heavy atom. The predicted molar refractivity (Wildman–Crippen MR) is 183 cm³/mol. The molecule has 8 nitrogen and oxygen atoms in total. The highest BCUT2D eigenvalue weighted by Gasteiger charge is 2.24. The van der Waals surface area contributed by atoms with E-state index in [2.05, 4.69) is 22.0 Å². The number of aliphatic hydroxyl groups is 1. The maximum Gasteiger partial charge on any atom is 0.220 e. The molecule has 240 valence electrons. The van der Waals surface area contributed by atoms with Crippen molar-refractivity contribution in [2.45, 2.75) is 63.8 Å². The van der Waals surface area contributed by atoms with Gasteiger partial charge in [0, 0.05) is 71.6 Å². The highest BCUT2D eigenvalue weighted by Crippen LogP contribution is 2.42. The molecule has 2 aromatic heterocycles. The SMILES string of the molecule is COc1nc(-c2cccc(-c3cccc(-c4ccc5c(n4)CCCC5NCC(C)O)c3Cl)c2Cl)ccc1CNC[C@H]1CCC(=O)N1. The molecule has 1 aliphatic heterocycles. The molecule has 6 rings (SSSR count). The molecule has 3 atom stereocenters. The van der Waals surface area contributed by atoms with Crippen LogP contribution in [-0.2, 0) is 17.8 Å². The predicted octanol–water partition coefficient (Wildman–Crippen LogP) is 6.51. The fraction of sp³-hybridized carbons (Fsp3) is 0.361. The minimum Gasteiger partial charge on any atom is -0.481 e. The zero-order valence-electron chi connectivity index (χ0n) is 26.1. The minimum atomic E-state index is -0.400. The molecule has 0 saturated carbocycles. The number of pyridine rings is 2. The van der Waals surface area contributed by atoms with Crippen LogP contribution in [0.4, 0.5) is 0 Å². The first kappa shape index (κ1) is 32.4. The normalized spacial score (nSPS) is 18.2. The van der Waals surface area contributed by atoms with Crippen LogP contribution in [0.2, 0.25) is 10.0 Å². The van der Waals surface area contributed by atoms with Crippen molar-refractivity contribution in [3.8, 4) is 39.5 Å². The van der Waals surface area contributed by atoms with Gasteiger partial charge in [0.05, 0.1) is 34.6 Å². The second-order valence-corrected chi connectivity index (χ2v) is 12.8. The first-order valence-electron chi connectivity index (χ1n) is 15.9. The van der Waals surface area contributed by atoms with Gasteiger partial charge in [-0.1, -0.05) is 71.7 Å². The lowest BCUT2D eigenvalue weighted by molar-refractivity contribution is -0.119. The zero-order valence-corrected chi connectivity index (χ0v) is 27.6. The van der Waals surface area contributed by atoms with E-state index in [1.54, 1.807) is 14.0 Å². The molecule has 1 saturated heterocycles. The van der Waals surface area contributed by atoms with Crippen LogP contribution in [-0.4, -0.2) is 53.3 Å². The van der Waals surface area contributed by atoms with E-state index in [0.717, 1.165) is 64.9 Å². The quantitative estimate of drug-likeness (QED) is 0.145. The number of benzene rings is 2. The zero-order chi connectivity index (χ0) is 32.2. The van der Waals surface area contributed by atoms with E-state index in [4.69, 9.17) is 37.9 Å². The Morgan fingerprint density at radius 1 is 0.935 bits per heavy atom. The molecule has 46 heavy (non-hydrogen) atoms. The number of hydrogen-bond donors (Lipinski definition) is 4. The number of nitrogens with zero attached hydrogens (tertiary/aromatic N) is 2. The molecule has 4 N–H and O–H groups in total. The van der Waals surface area contributed by atoms with E-state index in [9.17, 15) is 9.90 Å². The lowest BCUT2D eigenvalue weighted by Gasteiger charge is -2.27. The van der Waals surface area contributed by atoms with Gasteiger partial charge in [-0.15, -0.1) is 0 Å². The van der Waals surface area contributed by atoms with Crippen molar-refractivity contribution >= 4 is 29.1 Å². The maximum atomic E-state index is 11.5. The summed E-state index contributed by atoms with van der Waals surface area (Å²) in [5.41, 5.74) is 7.92. The third kappa shape index (κ3) is 7.06. The Hall–Kier alpha value is -3.53. The second-order valence-electron chi connectivity index (χ2n) is 12.1. The highest BCUT2D eigenvalue weighted by atomic mass is 35.5. The van der Waals surface area contributed by atoms with Gasteiger partial charge in [0.25, 0.3) is 0 Å². The Balaban J connectivity index is 1.25. The van der Waals surface area contributed by atoms with E-state index in [1.807, 2.05) is 54.6 Å². The molecule has 10 heteroatoms. The van der Waals surface area contributed by atoms with Gasteiger partial charge < -0.3 is 25.8 Å². The van der Waals surface area contributed by atoms with Crippen LogP contribution >= 0.6 is 23.2 Å². The summed E-state index contributed by atoms with van der Waals surface area (Å²) in [4.78, 5) is 21.3. The second kappa shape index (κ2) is 14.5. The van der Waals surface area contributed by atoms with Crippen LogP contribution in [0.25, 0.3) is 33.6 Å². The third-order valence-electron chi connectivity index (χ3n) is 8.71. The molecule has 2 unspecified atom stereocenters. The van der Waals surface area contributed by atoms with Crippen molar-refractivity contribution in [2.24, 2.45) is 0 Å². The number of hydrogen-bond acceptors (Lipinski definition) is 7. The number of rotatable bonds is 11. The molecular weight excluding hydrogens is 621 g/mol. The molecule has 0 spiro atoms. The molecule has 2 aromatic carbocycles. The van der Waals surface area contributed by atoms with Crippen molar-refractivity contribution in [1.82, 2.24) is 25.9 Å². The number of aromatic nitrogens is 2. The van der Waals surface area contributed by atoms with Gasteiger partial charge in [0.15, 0.2) is 0 Å². The lowest BCUT2D eigenvalue weighted by atomic mass is 9.90. The molecule has 2 aliphatic rings. The highest BCUT2D eigenvalue weighted by molar-refractivity contribution is 6.39. The number of fused-ring (bicyclic) bond motifs is 1. The van der Waals surface area contributed by atoms with Crippen LogP contribution < -0.4 is 20.7 Å². The average Bonchev–Trinajstić information content (AvgIpc) is 3.48. The summed E-state index contributed by atoms with van der Waals surface area (Å²) in [6.07, 6.45) is 3.99. The largest absolute Gasteiger partial charge is 0.481 e. The molecule has 1 amide bonds. The number of carbonyl (C=O) groups excluding carboxylic acids is 1. The van der Waals surface area contributed by atoms with Crippen molar-refractivity contribution in [3.05, 3.63) is 87.5 Å². The molecule has 0 radical (unpaired) electrons. The number of nitrogens with one attached hydrogen (secondary N) is 3. The number of halogens is 2. The maximum absolute atomic E-state index is 11.5. The van der Waals surface area contributed by atoms with Gasteiger partial charge >= 0.3 is 0 Å². The fourth-order valence-corrected chi connectivity index (χ4v) is 7.00. The van der Waals surface area contributed by atoms with Crippen molar-refractivity contribution in [1.29, 1.82) is 0 Å². The van der Waals surface area contributed by atoms with Gasteiger partial charge in [0.1, 0.15) is 0 Å². The summed E-state index contributed by atoms with van der Waals surface area (Å²) in [5.74, 6) is 0.623. The molecule has 1 fully saturated rings. The van der Waals surface area contributed by atoms with E-state index in [1.165, 1.54) is 5.56 Å². The van der Waals surface area contributed by atoms with Gasteiger partial charge in [0.2, 0.25) is 11.8 Å². The Morgan fingerprint density at radius 2 is 1.61 bits per heavy atom. The monoisotopic (exact) mass is 659 g/mol. The smallest absolute Gasteiger partial charge is 0.220 e. The van der Waals surface area contributed by atoms with Gasteiger partial charge in [-0.2, -0.15) is 0 Å². The van der Waals surface area contributed by atoms with E-state index in [0.29, 0.717) is 47.7 Å². The van der Waals surface area contributed by atoms with Crippen molar-refractivity contribution in [2.75, 3.05) is 20.2 Å². The summed E-state index contributed by atoms with van der Waals surface area (Å²) in [5, 5.41) is 20.7. The molecule has 1 aliphatic carbocycles. The Labute approximate surface area is 279 Å². The summed E-state index contributed by atoms with van der Waals surface area (Å²) < 4.78 is 5.65. The van der Waals surface area contributed by atoms with Crippen LogP contribution in [0.1, 0.15) is 55.5 Å². The van der Waals surface area contributed by atoms with Gasteiger partial charge in [-0.05, 0) is 50.3 Å². The first-order chi connectivity index (χ1) is 22.3. The number of ether oxygens (including phenoxy) is 1. The molecule has 4 aromatic rings. The van der Waals surface area contributed by atoms with Crippen LogP contribution in [0.3, 0.4) is 0 Å². The minimum absolute atomic E-state index is 0.106. The number of carbonyl (C=O) groups is 1. The van der Waals surface area contributed by atoms with Gasteiger partial charge in [-0.25, -0.2) is 4.98 Å². The molecule has 3 heterocycles.